The molecule has 0 saturated carbocycles. The summed E-state index contributed by atoms with van der Waals surface area (Å²) in [5.74, 6) is -0.156. The van der Waals surface area contributed by atoms with Crippen LogP contribution >= 0.6 is 7.37 Å². The molecule has 0 radical (unpaired) electrons. The topological polar surface area (TPSA) is 43.4 Å². The number of ketones is 1. The van der Waals surface area contributed by atoms with E-state index >= 15 is 0 Å². The van der Waals surface area contributed by atoms with Crippen molar-refractivity contribution in [2.45, 2.75) is 19.5 Å². The van der Waals surface area contributed by atoms with Crippen LogP contribution < -0.4 is 5.30 Å². The fourth-order valence-corrected chi connectivity index (χ4v) is 4.48. The highest BCUT2D eigenvalue weighted by Crippen LogP contribution is 2.51. The van der Waals surface area contributed by atoms with E-state index in [1.54, 1.807) is 62.4 Å². The Morgan fingerprint density at radius 1 is 1.05 bits per heavy atom. The summed E-state index contributed by atoms with van der Waals surface area (Å²) in [7, 11) is -3.23. The molecule has 0 aliphatic carbocycles. The van der Waals surface area contributed by atoms with Gasteiger partial charge in [0.25, 0.3) is 0 Å². The Hall–Kier alpha value is -1.70. The summed E-state index contributed by atoms with van der Waals surface area (Å²) < 4.78 is 18.8. The highest BCUT2D eigenvalue weighted by atomic mass is 31.2. The molecule has 0 bridgehead atoms. The molecule has 2 atom stereocenters. The molecule has 2 aromatic rings. The van der Waals surface area contributed by atoms with E-state index in [2.05, 4.69) is 0 Å². The van der Waals surface area contributed by atoms with Gasteiger partial charge in [0.1, 0.15) is 5.66 Å². The van der Waals surface area contributed by atoms with Crippen molar-refractivity contribution in [3.63, 3.8) is 0 Å². The van der Waals surface area contributed by atoms with E-state index < -0.39 is 13.0 Å². The van der Waals surface area contributed by atoms with Crippen LogP contribution in [0.5, 0.6) is 0 Å². The number of benzene rings is 2. The van der Waals surface area contributed by atoms with Crippen molar-refractivity contribution in [3.8, 4) is 0 Å². The predicted molar refractivity (Wildman–Crippen MR) is 85.5 cm³/mol. The SMILES string of the molecule is CCOP(=O)(c1ccccc1)C(C)C(=O)c1ccccc1. The summed E-state index contributed by atoms with van der Waals surface area (Å²) in [6, 6.07) is 17.9. The second-order valence-electron chi connectivity index (χ2n) is 4.76. The van der Waals surface area contributed by atoms with Crippen molar-refractivity contribution in [1.29, 1.82) is 0 Å². The van der Waals surface area contributed by atoms with Crippen molar-refractivity contribution in [2.75, 3.05) is 6.61 Å². The molecule has 3 nitrogen and oxygen atoms in total. The Balaban J connectivity index is 2.39. The minimum absolute atomic E-state index is 0.156. The Bertz CT molecular complexity index is 638. The number of carbonyl (C=O) groups excluding carboxylic acids is 1. The van der Waals surface area contributed by atoms with Crippen molar-refractivity contribution in [2.24, 2.45) is 0 Å². The highest BCUT2D eigenvalue weighted by molar-refractivity contribution is 7.68. The minimum atomic E-state index is -3.23. The molecule has 0 amide bonds. The lowest BCUT2D eigenvalue weighted by Crippen LogP contribution is -2.25. The molecule has 0 fully saturated rings. The Morgan fingerprint density at radius 2 is 1.57 bits per heavy atom. The lowest BCUT2D eigenvalue weighted by molar-refractivity contribution is 0.0986. The Labute approximate surface area is 125 Å². The first-order chi connectivity index (χ1) is 10.1. The molecule has 4 heteroatoms. The zero-order chi connectivity index (χ0) is 15.3. The van der Waals surface area contributed by atoms with Crippen molar-refractivity contribution >= 4 is 18.5 Å². The van der Waals surface area contributed by atoms with Gasteiger partial charge in [-0.15, -0.1) is 0 Å². The quantitative estimate of drug-likeness (QED) is 0.600. The van der Waals surface area contributed by atoms with Gasteiger partial charge in [0.15, 0.2) is 5.78 Å². The minimum Gasteiger partial charge on any atom is -0.325 e. The Kier molecular flexibility index (Phi) is 5.11. The molecule has 0 aliphatic heterocycles. The van der Waals surface area contributed by atoms with E-state index in [9.17, 15) is 9.36 Å². The fourth-order valence-electron chi connectivity index (χ4n) is 2.24. The van der Waals surface area contributed by atoms with Crippen LogP contribution in [0.4, 0.5) is 0 Å². The smallest absolute Gasteiger partial charge is 0.242 e. The maximum absolute atomic E-state index is 13.3. The molecular formula is C17H19O3P. The molecular weight excluding hydrogens is 283 g/mol. The maximum Gasteiger partial charge on any atom is 0.242 e. The summed E-state index contributed by atoms with van der Waals surface area (Å²) in [5, 5.41) is 0.587. The summed E-state index contributed by atoms with van der Waals surface area (Å²) in [6.07, 6.45) is 0. The summed E-state index contributed by atoms with van der Waals surface area (Å²) in [4.78, 5) is 12.6. The van der Waals surface area contributed by atoms with Gasteiger partial charge in [-0.05, 0) is 26.0 Å². The van der Waals surface area contributed by atoms with Crippen LogP contribution in [0, 0.1) is 0 Å². The molecule has 0 spiro atoms. The van der Waals surface area contributed by atoms with Gasteiger partial charge in [-0.1, -0.05) is 48.5 Å². The van der Waals surface area contributed by atoms with Crippen LogP contribution in [-0.4, -0.2) is 18.0 Å². The van der Waals surface area contributed by atoms with Crippen LogP contribution in [-0.2, 0) is 9.09 Å². The maximum atomic E-state index is 13.3. The van der Waals surface area contributed by atoms with Gasteiger partial charge in [-0.25, -0.2) is 0 Å². The first-order valence-electron chi connectivity index (χ1n) is 6.98. The van der Waals surface area contributed by atoms with Gasteiger partial charge in [0.2, 0.25) is 7.37 Å². The average Bonchev–Trinajstić information content (AvgIpc) is 2.55. The van der Waals surface area contributed by atoms with Crippen LogP contribution in [0.3, 0.4) is 0 Å². The monoisotopic (exact) mass is 302 g/mol. The normalized spacial score (nSPS) is 15.1. The third kappa shape index (κ3) is 3.31. The molecule has 0 aliphatic rings. The first-order valence-corrected chi connectivity index (χ1v) is 8.68. The first kappa shape index (κ1) is 15.7. The molecule has 0 N–H and O–H groups in total. The highest BCUT2D eigenvalue weighted by Gasteiger charge is 2.37. The molecule has 0 aromatic heterocycles. The van der Waals surface area contributed by atoms with E-state index in [0.717, 1.165) is 0 Å². The molecule has 21 heavy (non-hydrogen) atoms. The Morgan fingerprint density at radius 3 is 2.10 bits per heavy atom. The lowest BCUT2D eigenvalue weighted by atomic mass is 10.1. The second kappa shape index (κ2) is 6.84. The van der Waals surface area contributed by atoms with E-state index in [4.69, 9.17) is 4.52 Å². The zero-order valence-corrected chi connectivity index (χ0v) is 13.1. The van der Waals surface area contributed by atoms with Gasteiger partial charge < -0.3 is 4.52 Å². The molecule has 2 rings (SSSR count). The summed E-state index contributed by atoms with van der Waals surface area (Å²) in [5.41, 5.74) is -0.150. The third-order valence-corrected chi connectivity index (χ3v) is 6.30. The van der Waals surface area contributed by atoms with Crippen LogP contribution in [0.25, 0.3) is 0 Å². The number of carbonyl (C=O) groups is 1. The zero-order valence-electron chi connectivity index (χ0n) is 12.2. The van der Waals surface area contributed by atoms with E-state index in [1.165, 1.54) is 0 Å². The average molecular weight is 302 g/mol. The van der Waals surface area contributed by atoms with Crippen molar-refractivity contribution in [3.05, 3.63) is 66.2 Å². The van der Waals surface area contributed by atoms with E-state index in [-0.39, 0.29) is 5.78 Å². The van der Waals surface area contributed by atoms with Crippen LogP contribution in [0.15, 0.2) is 60.7 Å². The molecule has 0 heterocycles. The van der Waals surface area contributed by atoms with Crippen LogP contribution in [0.1, 0.15) is 24.2 Å². The number of hydrogen-bond acceptors (Lipinski definition) is 3. The summed E-state index contributed by atoms with van der Waals surface area (Å²) >= 11 is 0. The lowest BCUT2D eigenvalue weighted by Gasteiger charge is -2.23. The predicted octanol–water partition coefficient (Wildman–Crippen LogP) is 3.90. The number of rotatable bonds is 6. The molecule has 2 unspecified atom stereocenters. The largest absolute Gasteiger partial charge is 0.325 e. The second-order valence-corrected chi connectivity index (χ2v) is 7.50. The fraction of sp³-hybridized carbons (Fsp3) is 0.235. The van der Waals surface area contributed by atoms with Gasteiger partial charge >= 0.3 is 0 Å². The van der Waals surface area contributed by atoms with Gasteiger partial charge in [0, 0.05) is 10.9 Å². The third-order valence-electron chi connectivity index (χ3n) is 3.38. The van der Waals surface area contributed by atoms with Gasteiger partial charge in [-0.3, -0.25) is 9.36 Å². The molecule has 110 valence electrons. The van der Waals surface area contributed by atoms with Crippen molar-refractivity contribution < 1.29 is 13.9 Å². The standard InChI is InChI=1S/C17H19O3P/c1-3-20-21(19,16-12-8-5-9-13-16)14(2)17(18)15-10-6-4-7-11-15/h4-14H,3H2,1-2H3. The van der Waals surface area contributed by atoms with E-state index in [1.807, 2.05) is 12.1 Å². The van der Waals surface area contributed by atoms with E-state index in [0.29, 0.717) is 17.5 Å². The van der Waals surface area contributed by atoms with Gasteiger partial charge in [-0.2, -0.15) is 0 Å². The molecule has 0 saturated heterocycles. The number of Topliss-reactive ketones (excluding diaryl/α,β-unsaturated/α-hetero) is 1. The summed E-state index contributed by atoms with van der Waals surface area (Å²) in [6.45, 7) is 3.77. The molecule has 2 aromatic carbocycles. The number of hydrogen-bond donors (Lipinski definition) is 0. The van der Waals surface area contributed by atoms with Crippen molar-refractivity contribution in [1.82, 2.24) is 0 Å². The van der Waals surface area contributed by atoms with Gasteiger partial charge in [0.05, 0.1) is 6.61 Å². The van der Waals surface area contributed by atoms with Crippen LogP contribution in [0.2, 0.25) is 0 Å².